The van der Waals surface area contributed by atoms with E-state index < -0.39 is 29.9 Å². The van der Waals surface area contributed by atoms with Crippen LogP contribution in [0.3, 0.4) is 0 Å². The van der Waals surface area contributed by atoms with Crippen LogP contribution in [-0.4, -0.2) is 35.0 Å². The second kappa shape index (κ2) is 8.83. The number of epoxide rings is 1. The number of hydrogen-bond acceptors (Lipinski definition) is 4. The van der Waals surface area contributed by atoms with Gasteiger partial charge >= 0.3 is 5.97 Å². The number of carbonyl (C=O) groups excluding carboxylic acids is 1. The Hall–Kier alpha value is -1.65. The van der Waals surface area contributed by atoms with E-state index in [0.717, 1.165) is 12.8 Å². The molecule has 0 amide bonds. The summed E-state index contributed by atoms with van der Waals surface area (Å²) < 4.78 is 10.7. The zero-order valence-electron chi connectivity index (χ0n) is 16.5. The molecule has 0 aromatic rings. The summed E-state index contributed by atoms with van der Waals surface area (Å²) in [5.41, 5.74) is 0.757. The normalized spacial score (nSPS) is 34.3. The summed E-state index contributed by atoms with van der Waals surface area (Å²) in [5, 5.41) is 9.66. The van der Waals surface area contributed by atoms with Crippen LogP contribution in [0.4, 0.5) is 0 Å². The third kappa shape index (κ3) is 5.18. The highest BCUT2D eigenvalue weighted by atomic mass is 16.7. The molecule has 2 rings (SSSR count). The largest absolute Gasteiger partial charge is 0.453 e. The van der Waals surface area contributed by atoms with Crippen molar-refractivity contribution in [1.29, 1.82) is 0 Å². The molecule has 6 atom stereocenters. The molecular weight excluding hydrogens is 328 g/mol. The van der Waals surface area contributed by atoms with E-state index in [9.17, 15) is 9.90 Å². The minimum Gasteiger partial charge on any atom is -0.453 e. The number of fused-ring (bicyclic) bond motifs is 1. The molecule has 6 unspecified atom stereocenters. The van der Waals surface area contributed by atoms with E-state index in [1.807, 2.05) is 25.2 Å². The highest BCUT2D eigenvalue weighted by molar-refractivity contribution is 5.78. The number of allylic oxidation sites excluding steroid dienone is 7. The van der Waals surface area contributed by atoms with Crippen LogP contribution in [-0.2, 0) is 14.3 Å². The van der Waals surface area contributed by atoms with E-state index in [-0.39, 0.29) is 0 Å². The molecule has 2 fully saturated rings. The van der Waals surface area contributed by atoms with Crippen molar-refractivity contribution in [3.8, 4) is 0 Å². The Labute approximate surface area is 157 Å². The average Bonchev–Trinajstić information content (AvgIpc) is 3.29. The number of carbonyl (C=O) groups is 1. The summed E-state index contributed by atoms with van der Waals surface area (Å²) in [6, 6.07) is 0. The Kier molecular flexibility index (Phi) is 7.01. The summed E-state index contributed by atoms with van der Waals surface area (Å²) >= 11 is 0. The van der Waals surface area contributed by atoms with Gasteiger partial charge in [-0.05, 0) is 38.2 Å². The molecule has 2 aliphatic heterocycles. The number of cyclic esters (lactones) is 1. The van der Waals surface area contributed by atoms with Gasteiger partial charge in [-0.25, -0.2) is 4.79 Å². The Morgan fingerprint density at radius 3 is 2.62 bits per heavy atom. The molecule has 144 valence electrons. The van der Waals surface area contributed by atoms with Gasteiger partial charge in [-0.15, -0.1) is 0 Å². The SMILES string of the molecule is CCC(C)/C=C/C=C(\C)CC(C)/C=C/C=C/C1OC(=O)C(O)C2OC12C. The van der Waals surface area contributed by atoms with Crippen LogP contribution in [0.1, 0.15) is 47.5 Å². The monoisotopic (exact) mass is 360 g/mol. The molecule has 0 saturated carbocycles. The molecule has 0 spiro atoms. The second-order valence-corrected chi connectivity index (χ2v) is 7.76. The average molecular weight is 360 g/mol. The summed E-state index contributed by atoms with van der Waals surface area (Å²) in [7, 11) is 0. The lowest BCUT2D eigenvalue weighted by Crippen LogP contribution is -2.46. The first kappa shape index (κ1) is 20.7. The van der Waals surface area contributed by atoms with Crippen LogP contribution in [0.5, 0.6) is 0 Å². The first-order valence-corrected chi connectivity index (χ1v) is 9.53. The van der Waals surface area contributed by atoms with Gasteiger partial charge in [0, 0.05) is 0 Å². The molecule has 26 heavy (non-hydrogen) atoms. The van der Waals surface area contributed by atoms with Crippen LogP contribution in [0, 0.1) is 11.8 Å². The number of rotatable bonds is 8. The van der Waals surface area contributed by atoms with Gasteiger partial charge in [-0.1, -0.05) is 69.2 Å². The van der Waals surface area contributed by atoms with Gasteiger partial charge in [0.2, 0.25) is 0 Å². The topological polar surface area (TPSA) is 59.1 Å². The number of aliphatic hydroxyl groups excluding tert-OH is 1. The Bertz CT molecular complexity index is 616. The summed E-state index contributed by atoms with van der Waals surface area (Å²) in [5.74, 6) is 0.431. The van der Waals surface area contributed by atoms with Gasteiger partial charge in [-0.3, -0.25) is 0 Å². The molecule has 2 saturated heterocycles. The van der Waals surface area contributed by atoms with Gasteiger partial charge < -0.3 is 14.6 Å². The maximum atomic E-state index is 11.6. The van der Waals surface area contributed by atoms with Crippen LogP contribution >= 0.6 is 0 Å². The van der Waals surface area contributed by atoms with Crippen molar-refractivity contribution in [1.82, 2.24) is 0 Å². The Morgan fingerprint density at radius 2 is 1.92 bits per heavy atom. The van der Waals surface area contributed by atoms with Crippen molar-refractivity contribution >= 4 is 5.97 Å². The van der Waals surface area contributed by atoms with E-state index >= 15 is 0 Å². The third-order valence-corrected chi connectivity index (χ3v) is 5.17. The maximum Gasteiger partial charge on any atom is 0.338 e. The minimum atomic E-state index is -1.16. The number of ether oxygens (including phenoxy) is 2. The lowest BCUT2D eigenvalue weighted by Gasteiger charge is -2.24. The molecular formula is C22H32O4. The smallest absolute Gasteiger partial charge is 0.338 e. The molecule has 0 bridgehead atoms. The third-order valence-electron chi connectivity index (χ3n) is 5.17. The van der Waals surface area contributed by atoms with E-state index in [0.29, 0.717) is 11.8 Å². The molecule has 1 N–H and O–H groups in total. The highest BCUT2D eigenvalue weighted by Crippen LogP contribution is 2.46. The van der Waals surface area contributed by atoms with Crippen LogP contribution < -0.4 is 0 Å². The van der Waals surface area contributed by atoms with E-state index in [2.05, 4.69) is 52.0 Å². The minimum absolute atomic E-state index is 0.420. The first-order valence-electron chi connectivity index (χ1n) is 9.53. The second-order valence-electron chi connectivity index (χ2n) is 7.76. The predicted octanol–water partition coefficient (Wildman–Crippen LogP) is 4.12. The fourth-order valence-corrected chi connectivity index (χ4v) is 3.12. The number of aliphatic hydroxyl groups is 1. The summed E-state index contributed by atoms with van der Waals surface area (Å²) in [6.45, 7) is 10.6. The van der Waals surface area contributed by atoms with Gasteiger partial charge in [0.15, 0.2) is 12.2 Å². The first-order chi connectivity index (χ1) is 12.3. The predicted molar refractivity (Wildman–Crippen MR) is 104 cm³/mol. The maximum absolute atomic E-state index is 11.6. The van der Waals surface area contributed by atoms with E-state index in [1.165, 1.54) is 5.57 Å². The van der Waals surface area contributed by atoms with Crippen molar-refractivity contribution in [2.24, 2.45) is 11.8 Å². The quantitative estimate of drug-likeness (QED) is 0.402. The van der Waals surface area contributed by atoms with Crippen LogP contribution in [0.2, 0.25) is 0 Å². The van der Waals surface area contributed by atoms with E-state index in [1.54, 1.807) is 0 Å². The molecule has 0 radical (unpaired) electrons. The van der Waals surface area contributed by atoms with Crippen molar-refractivity contribution < 1.29 is 19.4 Å². The standard InChI is InChI=1S/C22H32O4/c1-6-15(2)11-9-12-17(4)14-16(3)10-7-8-13-18-22(5)20(26-22)19(23)21(24)25-18/h7-13,15-16,18-20,23H,6,14H2,1-5H3/b10-7+,11-9+,13-8+,17-12+. The molecule has 2 heterocycles. The van der Waals surface area contributed by atoms with Crippen molar-refractivity contribution in [3.05, 3.63) is 48.1 Å². The Morgan fingerprint density at radius 1 is 1.23 bits per heavy atom. The van der Waals surface area contributed by atoms with Crippen molar-refractivity contribution in [2.75, 3.05) is 0 Å². The molecule has 4 nitrogen and oxygen atoms in total. The fourth-order valence-electron chi connectivity index (χ4n) is 3.12. The Balaban J connectivity index is 1.81. The molecule has 4 heteroatoms. The molecule has 0 aromatic heterocycles. The van der Waals surface area contributed by atoms with E-state index in [4.69, 9.17) is 9.47 Å². The zero-order chi connectivity index (χ0) is 19.3. The van der Waals surface area contributed by atoms with Gasteiger partial charge in [0.05, 0.1) is 0 Å². The van der Waals surface area contributed by atoms with Crippen molar-refractivity contribution in [3.63, 3.8) is 0 Å². The van der Waals surface area contributed by atoms with Crippen LogP contribution in [0.15, 0.2) is 48.1 Å². The zero-order valence-corrected chi connectivity index (χ0v) is 16.5. The van der Waals surface area contributed by atoms with Gasteiger partial charge in [0.1, 0.15) is 11.7 Å². The molecule has 0 aliphatic carbocycles. The highest BCUT2D eigenvalue weighted by Gasteiger charge is 2.67. The lowest BCUT2D eigenvalue weighted by atomic mass is 9.94. The van der Waals surface area contributed by atoms with Gasteiger partial charge in [-0.2, -0.15) is 0 Å². The fraction of sp³-hybridized carbons (Fsp3) is 0.591. The number of hydrogen-bond donors (Lipinski definition) is 1. The lowest BCUT2D eigenvalue weighted by molar-refractivity contribution is -0.162. The molecule has 0 aromatic carbocycles. The molecule has 2 aliphatic rings. The van der Waals surface area contributed by atoms with Crippen LogP contribution in [0.25, 0.3) is 0 Å². The van der Waals surface area contributed by atoms with Crippen molar-refractivity contribution in [2.45, 2.75) is 71.4 Å². The summed E-state index contributed by atoms with van der Waals surface area (Å²) in [6.07, 6.45) is 14.5. The van der Waals surface area contributed by atoms with Gasteiger partial charge in [0.25, 0.3) is 0 Å². The number of esters is 1. The summed E-state index contributed by atoms with van der Waals surface area (Å²) in [4.78, 5) is 11.6.